The average Bonchev–Trinajstić information content (AvgIpc) is 3.24. The van der Waals surface area contributed by atoms with E-state index in [4.69, 9.17) is 9.94 Å². The highest BCUT2D eigenvalue weighted by Crippen LogP contribution is 2.34. The number of hydroxylamine groups is 1. The van der Waals surface area contributed by atoms with Crippen LogP contribution < -0.4 is 10.8 Å². The Labute approximate surface area is 180 Å². The zero-order valence-corrected chi connectivity index (χ0v) is 17.5. The van der Waals surface area contributed by atoms with Gasteiger partial charge in [0.25, 0.3) is 5.91 Å². The van der Waals surface area contributed by atoms with Gasteiger partial charge in [-0.25, -0.2) is 4.39 Å². The minimum absolute atomic E-state index is 0.210. The quantitative estimate of drug-likeness (QED) is 0.548. The second-order valence-electron chi connectivity index (χ2n) is 8.04. The number of carbonyl (C=O) groups is 3. The molecule has 0 saturated heterocycles. The van der Waals surface area contributed by atoms with E-state index in [0.29, 0.717) is 17.3 Å². The number of Topliss-reactive ketones (excluding diaryl/α,β-unsaturated/α-hetero) is 1. The van der Waals surface area contributed by atoms with Crippen LogP contribution in [-0.4, -0.2) is 46.1 Å². The van der Waals surface area contributed by atoms with E-state index in [1.54, 1.807) is 19.2 Å². The van der Waals surface area contributed by atoms with Crippen LogP contribution >= 0.6 is 0 Å². The van der Waals surface area contributed by atoms with Gasteiger partial charge in [0.2, 0.25) is 0 Å². The van der Waals surface area contributed by atoms with E-state index >= 15 is 0 Å². The Morgan fingerprint density at radius 1 is 1.35 bits per heavy atom. The Balaban J connectivity index is 1.80. The third-order valence-electron chi connectivity index (χ3n) is 5.97. The molecule has 0 spiro atoms. The van der Waals surface area contributed by atoms with Crippen LogP contribution in [0.15, 0.2) is 24.4 Å². The largest absolute Gasteiger partial charge is 0.481 e. The minimum atomic E-state index is -1.47. The number of nitrogens with one attached hydrogen (secondary N) is 2. The van der Waals surface area contributed by atoms with Crippen molar-refractivity contribution < 1.29 is 28.7 Å². The summed E-state index contributed by atoms with van der Waals surface area (Å²) in [5.41, 5.74) is 3.62. The number of aliphatic carboxylic acids is 1. The molecule has 3 N–H and O–H groups in total. The molecule has 8 nitrogen and oxygen atoms in total. The van der Waals surface area contributed by atoms with E-state index in [-0.39, 0.29) is 6.42 Å². The number of nitrogens with zero attached hydrogens (tertiary/aromatic N) is 1. The summed E-state index contributed by atoms with van der Waals surface area (Å²) in [6.45, 7) is 0.352. The van der Waals surface area contributed by atoms with Crippen LogP contribution in [0.25, 0.3) is 5.70 Å². The first-order valence-electron chi connectivity index (χ1n) is 10.6. The lowest BCUT2D eigenvalue weighted by Crippen LogP contribution is -2.53. The molecule has 1 aliphatic carbocycles. The predicted molar refractivity (Wildman–Crippen MR) is 110 cm³/mol. The maximum atomic E-state index is 12.9. The van der Waals surface area contributed by atoms with Crippen LogP contribution in [0.4, 0.5) is 4.39 Å². The first-order chi connectivity index (χ1) is 14.9. The van der Waals surface area contributed by atoms with Gasteiger partial charge in [-0.05, 0) is 49.0 Å². The fraction of sp³-hybridized carbons (Fsp3) is 0.545. The molecule has 1 fully saturated rings. The monoisotopic (exact) mass is 433 g/mol. The second-order valence-corrected chi connectivity index (χ2v) is 8.04. The predicted octanol–water partition coefficient (Wildman–Crippen LogP) is 2.65. The Bertz CT molecular complexity index is 868. The third-order valence-corrected chi connectivity index (χ3v) is 5.97. The van der Waals surface area contributed by atoms with Gasteiger partial charge in [0.15, 0.2) is 11.4 Å². The third kappa shape index (κ3) is 5.28. The van der Waals surface area contributed by atoms with Crippen molar-refractivity contribution in [2.75, 3.05) is 6.67 Å². The highest BCUT2D eigenvalue weighted by Gasteiger charge is 2.43. The molecule has 0 aromatic carbocycles. The standard InChI is InChI=1S/C22H28FN3O5/c1-2-22(21(30)25-17(11-20(28)29)19(27)13-23)12-18(26-31-22)16-10-15(8-9-24-16)14-6-4-3-5-7-14/h8-10,12,14,17,26H,2-7,11,13H2,1H3,(H,25,30)(H,28,29). The summed E-state index contributed by atoms with van der Waals surface area (Å²) < 4.78 is 12.8. The van der Waals surface area contributed by atoms with Crippen molar-refractivity contribution in [1.82, 2.24) is 15.8 Å². The van der Waals surface area contributed by atoms with Crippen molar-refractivity contribution in [2.45, 2.75) is 69.4 Å². The van der Waals surface area contributed by atoms with Gasteiger partial charge >= 0.3 is 5.97 Å². The Morgan fingerprint density at radius 2 is 2.10 bits per heavy atom. The molecule has 9 heteroatoms. The summed E-state index contributed by atoms with van der Waals surface area (Å²) in [5, 5.41) is 11.3. The molecule has 2 unspecified atom stereocenters. The first-order valence-corrected chi connectivity index (χ1v) is 10.6. The van der Waals surface area contributed by atoms with Crippen molar-refractivity contribution in [3.63, 3.8) is 0 Å². The average molecular weight is 433 g/mol. The number of carbonyl (C=O) groups excluding carboxylic acids is 2. The molecule has 3 rings (SSSR count). The normalized spacial score (nSPS) is 22.3. The number of pyridine rings is 1. The van der Waals surface area contributed by atoms with Gasteiger partial charge in [0, 0.05) is 6.20 Å². The number of carboxylic acids is 1. The number of alkyl halides is 1. The van der Waals surface area contributed by atoms with Crippen LogP contribution in [0.1, 0.15) is 69.0 Å². The molecular formula is C22H28FN3O5. The molecule has 1 amide bonds. The van der Waals surface area contributed by atoms with E-state index in [1.165, 1.54) is 24.8 Å². The maximum Gasteiger partial charge on any atom is 0.305 e. The summed E-state index contributed by atoms with van der Waals surface area (Å²) in [6, 6.07) is 2.53. The molecule has 2 heterocycles. The number of carboxylic acid groups (broad SMARTS) is 1. The lowest BCUT2D eigenvalue weighted by molar-refractivity contribution is -0.147. The fourth-order valence-electron chi connectivity index (χ4n) is 4.09. The van der Waals surface area contributed by atoms with E-state index in [9.17, 15) is 18.8 Å². The van der Waals surface area contributed by atoms with E-state index < -0.39 is 42.4 Å². The van der Waals surface area contributed by atoms with Crippen molar-refractivity contribution >= 4 is 23.4 Å². The number of rotatable bonds is 9. The van der Waals surface area contributed by atoms with Crippen LogP contribution in [0.2, 0.25) is 0 Å². The fourth-order valence-corrected chi connectivity index (χ4v) is 4.09. The zero-order chi connectivity index (χ0) is 22.4. The van der Waals surface area contributed by atoms with Gasteiger partial charge in [0.1, 0.15) is 12.7 Å². The van der Waals surface area contributed by atoms with Gasteiger partial charge < -0.3 is 10.4 Å². The summed E-state index contributed by atoms with van der Waals surface area (Å²) in [7, 11) is 0. The van der Waals surface area contributed by atoms with Crippen LogP contribution in [0.3, 0.4) is 0 Å². The van der Waals surface area contributed by atoms with Gasteiger partial charge in [0.05, 0.1) is 17.8 Å². The highest BCUT2D eigenvalue weighted by atomic mass is 19.1. The topological polar surface area (TPSA) is 118 Å². The molecule has 2 atom stereocenters. The van der Waals surface area contributed by atoms with Crippen LogP contribution in [-0.2, 0) is 19.2 Å². The molecule has 2 aliphatic rings. The number of hydrogen-bond acceptors (Lipinski definition) is 6. The molecule has 1 saturated carbocycles. The van der Waals surface area contributed by atoms with Crippen molar-refractivity contribution in [1.29, 1.82) is 0 Å². The Morgan fingerprint density at radius 3 is 2.74 bits per heavy atom. The lowest BCUT2D eigenvalue weighted by Gasteiger charge is -2.25. The van der Waals surface area contributed by atoms with Gasteiger partial charge in [-0.1, -0.05) is 26.2 Å². The molecule has 1 aromatic rings. The van der Waals surface area contributed by atoms with Gasteiger partial charge in [-0.3, -0.25) is 29.7 Å². The summed E-state index contributed by atoms with van der Waals surface area (Å²) >= 11 is 0. The Kier molecular flexibility index (Phi) is 7.37. The van der Waals surface area contributed by atoms with Gasteiger partial charge in [-0.15, -0.1) is 0 Å². The van der Waals surface area contributed by atoms with E-state index in [2.05, 4.69) is 15.8 Å². The zero-order valence-electron chi connectivity index (χ0n) is 17.5. The SMILES string of the molecule is CCC1(C(=O)NC(CC(=O)O)C(=O)CF)C=C(c2cc(C3CCCCC3)ccn2)NO1. The molecule has 1 aliphatic heterocycles. The Hall–Kier alpha value is -2.81. The van der Waals surface area contributed by atoms with E-state index in [1.807, 2.05) is 12.1 Å². The number of hydrogen-bond donors (Lipinski definition) is 3. The lowest BCUT2D eigenvalue weighted by atomic mass is 9.84. The number of aromatic nitrogens is 1. The van der Waals surface area contributed by atoms with Crippen molar-refractivity contribution in [3.05, 3.63) is 35.7 Å². The molecule has 168 valence electrons. The summed E-state index contributed by atoms with van der Waals surface area (Å²) in [5.74, 6) is -2.54. The number of ketones is 1. The van der Waals surface area contributed by atoms with Crippen molar-refractivity contribution in [2.24, 2.45) is 0 Å². The van der Waals surface area contributed by atoms with Crippen molar-refractivity contribution in [3.8, 4) is 0 Å². The first kappa shape index (κ1) is 22.9. The number of halogens is 1. The smallest absolute Gasteiger partial charge is 0.305 e. The van der Waals surface area contributed by atoms with Crippen LogP contribution in [0.5, 0.6) is 0 Å². The minimum Gasteiger partial charge on any atom is -0.481 e. The molecule has 31 heavy (non-hydrogen) atoms. The molecule has 0 radical (unpaired) electrons. The van der Waals surface area contributed by atoms with Gasteiger partial charge in [-0.2, -0.15) is 0 Å². The summed E-state index contributed by atoms with van der Waals surface area (Å²) in [4.78, 5) is 45.6. The second kappa shape index (κ2) is 10.00. The van der Waals surface area contributed by atoms with E-state index in [0.717, 1.165) is 12.8 Å². The number of amides is 1. The summed E-state index contributed by atoms with van der Waals surface area (Å²) in [6.07, 6.45) is 8.77. The van der Waals surface area contributed by atoms with Crippen LogP contribution in [0, 0.1) is 0 Å². The highest BCUT2D eigenvalue weighted by molar-refractivity contribution is 5.96. The molecular weight excluding hydrogens is 405 g/mol. The molecule has 1 aromatic heterocycles. The molecule has 0 bridgehead atoms. The maximum absolute atomic E-state index is 12.9.